The number of morpholine rings is 1. The fourth-order valence-corrected chi connectivity index (χ4v) is 3.33. The van der Waals surface area contributed by atoms with E-state index >= 15 is 0 Å². The molecule has 3 aliphatic rings. The van der Waals surface area contributed by atoms with Crippen molar-refractivity contribution in [2.45, 2.75) is 43.8 Å². The zero-order chi connectivity index (χ0) is 15.7. The predicted molar refractivity (Wildman–Crippen MR) is 72.1 cm³/mol. The number of hydrogen-bond donors (Lipinski definition) is 1. The first-order valence-electron chi connectivity index (χ1n) is 7.12. The Bertz CT molecular complexity index is 689. The molecule has 2 saturated heterocycles. The van der Waals surface area contributed by atoms with Gasteiger partial charge in [0.1, 0.15) is 5.82 Å². The number of aromatic nitrogens is 2. The van der Waals surface area contributed by atoms with E-state index in [4.69, 9.17) is 4.74 Å². The first-order valence-corrected chi connectivity index (χ1v) is 7.12. The van der Waals surface area contributed by atoms with Crippen LogP contribution < -0.4 is 15.8 Å². The molecular weight excluding hydrogens is 301 g/mol. The van der Waals surface area contributed by atoms with Gasteiger partial charge >= 0.3 is 6.18 Å². The minimum atomic E-state index is -4.46. The zero-order valence-corrected chi connectivity index (χ0v) is 11.9. The number of halogens is 3. The van der Waals surface area contributed by atoms with Crippen molar-refractivity contribution in [3.8, 4) is 0 Å². The van der Waals surface area contributed by atoms with Gasteiger partial charge < -0.3 is 15.0 Å². The second-order valence-corrected chi connectivity index (χ2v) is 6.31. The van der Waals surface area contributed by atoms with E-state index in [1.165, 1.54) is 6.07 Å². The number of nitrogens with one attached hydrogen (secondary N) is 1. The van der Waals surface area contributed by atoms with Gasteiger partial charge in [-0.15, -0.1) is 0 Å². The maximum absolute atomic E-state index is 13.1. The van der Waals surface area contributed by atoms with Gasteiger partial charge in [-0.2, -0.15) is 18.2 Å². The van der Waals surface area contributed by atoms with Crippen LogP contribution in [-0.2, 0) is 11.3 Å². The minimum absolute atomic E-state index is 0.0222. The second kappa shape index (κ2) is 4.15. The summed E-state index contributed by atoms with van der Waals surface area (Å²) >= 11 is 0. The second-order valence-electron chi connectivity index (χ2n) is 6.31. The van der Waals surface area contributed by atoms with Gasteiger partial charge in [-0.1, -0.05) is 0 Å². The van der Waals surface area contributed by atoms with Gasteiger partial charge in [0.2, 0.25) is 5.95 Å². The van der Waals surface area contributed by atoms with Crippen LogP contribution in [0.25, 0.3) is 0 Å². The molecule has 2 bridgehead atoms. The maximum Gasteiger partial charge on any atom is 0.412 e. The molecule has 1 aromatic rings. The van der Waals surface area contributed by atoms with Gasteiger partial charge in [-0.3, -0.25) is 9.36 Å². The summed E-state index contributed by atoms with van der Waals surface area (Å²) in [5, 5.41) is 2.37. The Balaban J connectivity index is 1.70. The fraction of sp³-hybridized carbons (Fsp3) is 0.692. The van der Waals surface area contributed by atoms with Crippen LogP contribution in [-0.4, -0.2) is 46.6 Å². The van der Waals surface area contributed by atoms with Crippen molar-refractivity contribution in [3.05, 3.63) is 16.4 Å². The Morgan fingerprint density at radius 1 is 1.50 bits per heavy atom. The molecule has 0 aromatic carbocycles. The highest BCUT2D eigenvalue weighted by atomic mass is 19.4. The molecule has 0 radical (unpaired) electrons. The number of anilines is 2. The molecule has 6 nitrogen and oxygen atoms in total. The van der Waals surface area contributed by atoms with Crippen molar-refractivity contribution < 1.29 is 17.9 Å². The summed E-state index contributed by atoms with van der Waals surface area (Å²) < 4.78 is 45.9. The van der Waals surface area contributed by atoms with Gasteiger partial charge in [0, 0.05) is 12.6 Å². The zero-order valence-electron chi connectivity index (χ0n) is 11.9. The number of hydrogen-bond acceptors (Lipinski definition) is 5. The molecule has 3 atom stereocenters. The number of nitrogens with zero attached hydrogens (tertiary/aromatic N) is 3. The topological polar surface area (TPSA) is 59.4 Å². The molecule has 3 aliphatic heterocycles. The molecule has 1 N–H and O–H groups in total. The van der Waals surface area contributed by atoms with Crippen molar-refractivity contribution in [2.24, 2.45) is 0 Å². The molecule has 0 amide bonds. The van der Waals surface area contributed by atoms with Crippen LogP contribution in [0.2, 0.25) is 0 Å². The monoisotopic (exact) mass is 316 g/mol. The number of ether oxygens (including phenoxy) is 1. The normalized spacial score (nSPS) is 33.2. The van der Waals surface area contributed by atoms with Gasteiger partial charge in [-0.05, 0) is 13.3 Å². The Morgan fingerprint density at radius 3 is 2.86 bits per heavy atom. The van der Waals surface area contributed by atoms with Gasteiger partial charge in [-0.25, -0.2) is 0 Å². The average Bonchev–Trinajstić information content (AvgIpc) is 3.10. The van der Waals surface area contributed by atoms with Crippen LogP contribution in [0.3, 0.4) is 0 Å². The summed E-state index contributed by atoms with van der Waals surface area (Å²) in [6.07, 6.45) is -3.47. The molecule has 0 unspecified atom stereocenters. The van der Waals surface area contributed by atoms with E-state index in [0.717, 1.165) is 17.9 Å². The molecule has 1 aromatic heterocycles. The molecule has 2 fully saturated rings. The molecule has 120 valence electrons. The first-order chi connectivity index (χ1) is 10.3. The highest BCUT2D eigenvalue weighted by Gasteiger charge is 2.55. The van der Waals surface area contributed by atoms with Crippen molar-refractivity contribution in [1.82, 2.24) is 9.55 Å². The lowest BCUT2D eigenvalue weighted by Gasteiger charge is -2.28. The Kier molecular flexibility index (Phi) is 2.62. The molecule has 0 spiro atoms. The fourth-order valence-electron chi connectivity index (χ4n) is 3.33. The van der Waals surface area contributed by atoms with Gasteiger partial charge in [0.25, 0.3) is 5.56 Å². The van der Waals surface area contributed by atoms with Crippen LogP contribution in [0, 0.1) is 0 Å². The Morgan fingerprint density at radius 2 is 2.27 bits per heavy atom. The third-order valence-electron chi connectivity index (χ3n) is 4.68. The van der Waals surface area contributed by atoms with E-state index in [-0.39, 0.29) is 18.1 Å². The summed E-state index contributed by atoms with van der Waals surface area (Å²) in [6, 6.07) is 1.46. The first kappa shape index (κ1) is 13.9. The lowest BCUT2D eigenvalue weighted by molar-refractivity contribution is -0.174. The smallest absolute Gasteiger partial charge is 0.374 e. The van der Waals surface area contributed by atoms with E-state index in [0.29, 0.717) is 19.0 Å². The molecular formula is C13H15F3N4O2. The third-order valence-corrected chi connectivity index (χ3v) is 4.68. The van der Waals surface area contributed by atoms with Gasteiger partial charge in [0.15, 0.2) is 5.54 Å². The molecule has 4 rings (SSSR count). The third kappa shape index (κ3) is 1.84. The van der Waals surface area contributed by atoms with Crippen LogP contribution in [0.15, 0.2) is 10.9 Å². The summed E-state index contributed by atoms with van der Waals surface area (Å²) in [6.45, 7) is 1.76. The van der Waals surface area contributed by atoms with Crippen molar-refractivity contribution >= 4 is 11.8 Å². The molecule has 9 heteroatoms. The van der Waals surface area contributed by atoms with E-state index in [1.807, 2.05) is 4.90 Å². The van der Waals surface area contributed by atoms with Crippen LogP contribution in [0.4, 0.5) is 24.9 Å². The average molecular weight is 316 g/mol. The molecule has 4 heterocycles. The van der Waals surface area contributed by atoms with E-state index in [1.54, 1.807) is 0 Å². The van der Waals surface area contributed by atoms with Crippen molar-refractivity contribution in [1.29, 1.82) is 0 Å². The summed E-state index contributed by atoms with van der Waals surface area (Å²) in [4.78, 5) is 18.4. The van der Waals surface area contributed by atoms with Crippen LogP contribution in [0.5, 0.6) is 0 Å². The molecule has 0 saturated carbocycles. The van der Waals surface area contributed by atoms with Crippen molar-refractivity contribution in [2.75, 3.05) is 23.4 Å². The maximum atomic E-state index is 13.1. The highest BCUT2D eigenvalue weighted by molar-refractivity contribution is 5.49. The van der Waals surface area contributed by atoms with E-state index < -0.39 is 23.8 Å². The standard InChI is InChI=1S/C13H15F3N4O2/c1-12(13(14,15)16)6-20-10(21)3-9(17-11(20)18-12)19-4-8-2-7(19)5-22-8/h3,7-8H,2,4-6H2,1H3,(H,17,18)/t7-,8-,12-/m0/s1. The van der Waals surface area contributed by atoms with E-state index in [2.05, 4.69) is 10.3 Å². The molecule has 0 aliphatic carbocycles. The van der Waals surface area contributed by atoms with E-state index in [9.17, 15) is 18.0 Å². The van der Waals surface area contributed by atoms with Crippen molar-refractivity contribution in [3.63, 3.8) is 0 Å². The summed E-state index contributed by atoms with van der Waals surface area (Å²) in [5.41, 5.74) is -2.64. The van der Waals surface area contributed by atoms with Crippen LogP contribution >= 0.6 is 0 Å². The number of fused-ring (bicyclic) bond motifs is 3. The molecule has 22 heavy (non-hydrogen) atoms. The summed E-state index contributed by atoms with van der Waals surface area (Å²) in [7, 11) is 0. The Hall–Kier alpha value is -1.77. The minimum Gasteiger partial charge on any atom is -0.374 e. The largest absolute Gasteiger partial charge is 0.412 e. The predicted octanol–water partition coefficient (Wildman–Crippen LogP) is 0.967. The SMILES string of the molecule is C[C@@]1(C(F)(F)F)Cn2c(nc(N3C[C@@H]4C[C@H]3CO4)cc2=O)N1. The summed E-state index contributed by atoms with van der Waals surface area (Å²) in [5.74, 6) is 0.400. The van der Waals surface area contributed by atoms with Gasteiger partial charge in [0.05, 0.1) is 25.3 Å². The quantitative estimate of drug-likeness (QED) is 0.836. The number of rotatable bonds is 1. The highest BCUT2D eigenvalue weighted by Crippen LogP contribution is 2.39. The number of alkyl halides is 3. The Labute approximate surface area is 123 Å². The lowest BCUT2D eigenvalue weighted by atomic mass is 10.0. The lowest BCUT2D eigenvalue weighted by Crippen LogP contribution is -2.48. The van der Waals surface area contributed by atoms with Crippen LogP contribution in [0.1, 0.15) is 13.3 Å².